The largest absolute Gasteiger partial charge is 0.309 e. The third kappa shape index (κ3) is 6.70. The van der Waals surface area contributed by atoms with Gasteiger partial charge in [0.25, 0.3) is 0 Å². The SMILES string of the molecule is c1ccc(-c2ccc(N(c3ccccc3)c3ccc4c(ccc5c4c4c6ccccc6ccc4n5-c4ccccc4)c3N(c3ccccc3)c3ccc(-c4ccccc4)cc3)cc2)cc1. The van der Waals surface area contributed by atoms with Gasteiger partial charge < -0.3 is 14.4 Å². The monoisotopic (exact) mass is 829 g/mol. The van der Waals surface area contributed by atoms with Crippen molar-refractivity contribution in [1.82, 2.24) is 4.57 Å². The molecular formula is C62H43N3. The van der Waals surface area contributed by atoms with Crippen LogP contribution in [0.2, 0.25) is 0 Å². The fraction of sp³-hybridized carbons (Fsp3) is 0. The minimum absolute atomic E-state index is 1.06. The van der Waals surface area contributed by atoms with E-state index in [0.29, 0.717) is 0 Å². The van der Waals surface area contributed by atoms with Crippen LogP contribution in [0.1, 0.15) is 0 Å². The van der Waals surface area contributed by atoms with Gasteiger partial charge in [0.2, 0.25) is 0 Å². The van der Waals surface area contributed by atoms with Crippen molar-refractivity contribution in [2.24, 2.45) is 0 Å². The number of anilines is 6. The van der Waals surface area contributed by atoms with Gasteiger partial charge in [-0.05, 0) is 117 Å². The molecule has 0 atom stereocenters. The number of benzene rings is 11. The van der Waals surface area contributed by atoms with Crippen LogP contribution in [0.25, 0.3) is 71.3 Å². The van der Waals surface area contributed by atoms with E-state index in [-0.39, 0.29) is 0 Å². The highest BCUT2D eigenvalue weighted by molar-refractivity contribution is 6.30. The Kier molecular flexibility index (Phi) is 9.50. The van der Waals surface area contributed by atoms with Crippen molar-refractivity contribution in [2.45, 2.75) is 0 Å². The van der Waals surface area contributed by atoms with Gasteiger partial charge in [0.05, 0.1) is 22.4 Å². The Bertz CT molecular complexity index is 3600. The molecule has 12 aromatic rings. The first-order chi connectivity index (χ1) is 32.3. The van der Waals surface area contributed by atoms with Crippen molar-refractivity contribution in [3.05, 3.63) is 261 Å². The minimum Gasteiger partial charge on any atom is -0.309 e. The maximum atomic E-state index is 2.46. The molecule has 0 aliphatic rings. The smallest absolute Gasteiger partial charge is 0.0781 e. The molecule has 1 heterocycles. The number of fused-ring (bicyclic) bond motifs is 7. The van der Waals surface area contributed by atoms with E-state index >= 15 is 0 Å². The lowest BCUT2D eigenvalue weighted by atomic mass is 9.96. The second-order valence-electron chi connectivity index (χ2n) is 16.5. The highest BCUT2D eigenvalue weighted by Gasteiger charge is 2.27. The average molecular weight is 830 g/mol. The highest BCUT2D eigenvalue weighted by Crippen LogP contribution is 2.52. The summed E-state index contributed by atoms with van der Waals surface area (Å²) >= 11 is 0. The third-order valence-electron chi connectivity index (χ3n) is 12.7. The van der Waals surface area contributed by atoms with Gasteiger partial charge >= 0.3 is 0 Å². The van der Waals surface area contributed by atoms with Crippen LogP contribution < -0.4 is 9.80 Å². The first-order valence-corrected chi connectivity index (χ1v) is 22.3. The summed E-state index contributed by atoms with van der Waals surface area (Å²) in [4.78, 5) is 4.88. The van der Waals surface area contributed by atoms with Gasteiger partial charge in [-0.25, -0.2) is 0 Å². The topological polar surface area (TPSA) is 11.4 Å². The molecule has 3 heteroatoms. The minimum atomic E-state index is 1.06. The molecule has 0 aliphatic carbocycles. The maximum Gasteiger partial charge on any atom is 0.0781 e. The molecular weight excluding hydrogens is 787 g/mol. The van der Waals surface area contributed by atoms with Gasteiger partial charge in [-0.15, -0.1) is 0 Å². The Morgan fingerprint density at radius 2 is 0.677 bits per heavy atom. The van der Waals surface area contributed by atoms with E-state index in [1.165, 1.54) is 60.2 Å². The van der Waals surface area contributed by atoms with Crippen molar-refractivity contribution in [3.8, 4) is 27.9 Å². The lowest BCUT2D eigenvalue weighted by Gasteiger charge is -2.34. The van der Waals surface area contributed by atoms with Gasteiger partial charge in [-0.1, -0.05) is 182 Å². The van der Waals surface area contributed by atoms with Gasteiger partial charge in [-0.3, -0.25) is 0 Å². The van der Waals surface area contributed by atoms with Crippen molar-refractivity contribution >= 4 is 77.5 Å². The quantitative estimate of drug-likeness (QED) is 0.144. The van der Waals surface area contributed by atoms with E-state index in [1.807, 2.05) is 0 Å². The van der Waals surface area contributed by atoms with Gasteiger partial charge in [-0.2, -0.15) is 0 Å². The van der Waals surface area contributed by atoms with Crippen molar-refractivity contribution in [2.75, 3.05) is 9.80 Å². The van der Waals surface area contributed by atoms with E-state index < -0.39 is 0 Å². The van der Waals surface area contributed by atoms with Crippen molar-refractivity contribution < 1.29 is 0 Å². The molecule has 1 aromatic heterocycles. The highest BCUT2D eigenvalue weighted by atomic mass is 15.2. The lowest BCUT2D eigenvalue weighted by molar-refractivity contribution is 1.18. The second-order valence-corrected chi connectivity index (χ2v) is 16.5. The summed E-state index contributed by atoms with van der Waals surface area (Å²) in [5.74, 6) is 0. The Morgan fingerprint density at radius 1 is 0.262 bits per heavy atom. The molecule has 0 saturated heterocycles. The lowest BCUT2D eigenvalue weighted by Crippen LogP contribution is -2.17. The molecule has 0 aliphatic heterocycles. The number of hydrogen-bond acceptors (Lipinski definition) is 2. The van der Waals surface area contributed by atoms with Crippen LogP contribution in [0.15, 0.2) is 261 Å². The summed E-state index contributed by atoms with van der Waals surface area (Å²) < 4.78 is 2.44. The molecule has 0 fully saturated rings. The van der Waals surface area contributed by atoms with Gasteiger partial charge in [0.1, 0.15) is 0 Å². The number of rotatable bonds is 9. The molecule has 0 saturated carbocycles. The fourth-order valence-corrected chi connectivity index (χ4v) is 9.78. The molecule has 0 radical (unpaired) electrons. The van der Waals surface area contributed by atoms with Crippen LogP contribution in [-0.4, -0.2) is 4.57 Å². The molecule has 0 spiro atoms. The Labute approximate surface area is 378 Å². The van der Waals surface area contributed by atoms with E-state index in [2.05, 4.69) is 275 Å². The summed E-state index contributed by atoms with van der Waals surface area (Å²) in [6, 6.07) is 94.4. The van der Waals surface area contributed by atoms with Crippen LogP contribution in [-0.2, 0) is 0 Å². The van der Waals surface area contributed by atoms with Crippen LogP contribution in [0.3, 0.4) is 0 Å². The van der Waals surface area contributed by atoms with E-state index in [9.17, 15) is 0 Å². The van der Waals surface area contributed by atoms with Gasteiger partial charge in [0, 0.05) is 44.6 Å². The predicted molar refractivity (Wildman–Crippen MR) is 276 cm³/mol. The molecule has 3 nitrogen and oxygen atoms in total. The molecule has 0 amide bonds. The van der Waals surface area contributed by atoms with E-state index in [1.54, 1.807) is 0 Å². The standard InChI is InChI=1S/C62H43N3/c1-6-18-44(19-7-1)46-30-35-52(36-31-46)63(49-23-10-3-11-24-49)59-43-39-55-56(62(59)64(50-25-12-4-13-26-50)53-37-32-47(33-38-53)45-20-8-2-9-21-45)40-42-58-61(55)60-54-29-17-16-22-48(54)34-41-57(60)65(58)51-27-14-5-15-28-51/h1-43H. The van der Waals surface area contributed by atoms with Gasteiger partial charge in [0.15, 0.2) is 0 Å². The number of para-hydroxylation sites is 3. The predicted octanol–water partition coefficient (Wildman–Crippen LogP) is 17.4. The zero-order valence-corrected chi connectivity index (χ0v) is 35.7. The van der Waals surface area contributed by atoms with Crippen LogP contribution in [0.4, 0.5) is 34.1 Å². The summed E-state index contributed by atoms with van der Waals surface area (Å²) in [5.41, 5.74) is 14.6. The Morgan fingerprint density at radius 3 is 1.26 bits per heavy atom. The molecule has 65 heavy (non-hydrogen) atoms. The zero-order valence-electron chi connectivity index (χ0n) is 35.7. The van der Waals surface area contributed by atoms with E-state index in [4.69, 9.17) is 0 Å². The second kappa shape index (κ2) is 16.2. The summed E-state index contributed by atoms with van der Waals surface area (Å²) in [6.45, 7) is 0. The van der Waals surface area contributed by atoms with Crippen molar-refractivity contribution in [1.29, 1.82) is 0 Å². The molecule has 306 valence electrons. The van der Waals surface area contributed by atoms with Crippen molar-refractivity contribution in [3.63, 3.8) is 0 Å². The van der Waals surface area contributed by atoms with E-state index in [0.717, 1.165) is 45.2 Å². The molecule has 0 unspecified atom stereocenters. The normalized spacial score (nSPS) is 11.4. The summed E-state index contributed by atoms with van der Waals surface area (Å²) in [6.07, 6.45) is 0. The summed E-state index contributed by atoms with van der Waals surface area (Å²) in [7, 11) is 0. The fourth-order valence-electron chi connectivity index (χ4n) is 9.78. The van der Waals surface area contributed by atoms with Crippen LogP contribution in [0, 0.1) is 0 Å². The average Bonchev–Trinajstić information content (AvgIpc) is 3.74. The Balaban J connectivity index is 1.19. The molecule has 11 aromatic carbocycles. The van der Waals surface area contributed by atoms with Crippen LogP contribution in [0.5, 0.6) is 0 Å². The Hall–Kier alpha value is -8.66. The first kappa shape index (κ1) is 38.0. The third-order valence-corrected chi connectivity index (χ3v) is 12.7. The zero-order chi connectivity index (χ0) is 43.1. The molecule has 12 rings (SSSR count). The number of nitrogens with zero attached hydrogens (tertiary/aromatic N) is 3. The molecule has 0 bridgehead atoms. The maximum absolute atomic E-state index is 2.46. The number of hydrogen-bond donors (Lipinski definition) is 0. The molecule has 0 N–H and O–H groups in total. The summed E-state index contributed by atoms with van der Waals surface area (Å²) in [5, 5.41) is 7.28. The van der Waals surface area contributed by atoms with Crippen LogP contribution >= 0.6 is 0 Å². The first-order valence-electron chi connectivity index (χ1n) is 22.3. The number of aromatic nitrogens is 1.